The van der Waals surface area contributed by atoms with Crippen LogP contribution in [0, 0.1) is 0 Å². The van der Waals surface area contributed by atoms with Crippen LogP contribution in [-0.4, -0.2) is 23.8 Å². The highest BCUT2D eigenvalue weighted by molar-refractivity contribution is 5.69. The van der Waals surface area contributed by atoms with Crippen LogP contribution in [0.4, 0.5) is 0 Å². The van der Waals surface area contributed by atoms with Gasteiger partial charge in [-0.05, 0) is 19.3 Å². The lowest BCUT2D eigenvalue weighted by Crippen LogP contribution is -2.21. The van der Waals surface area contributed by atoms with Gasteiger partial charge in [0.2, 0.25) is 0 Å². The molecule has 0 aliphatic heterocycles. The standard InChI is InChI=1S/C23H46O3/c1-3-5-7-9-11-12-14-16-18-20-23(25)26-22(21-24)19-17-15-13-10-8-6-4-2/h22,24H,3-21H2,1-2H3. The minimum atomic E-state index is -0.295. The fraction of sp³-hybridized carbons (Fsp3) is 0.957. The van der Waals surface area contributed by atoms with E-state index in [2.05, 4.69) is 13.8 Å². The van der Waals surface area contributed by atoms with Crippen LogP contribution < -0.4 is 0 Å². The van der Waals surface area contributed by atoms with Gasteiger partial charge in [-0.2, -0.15) is 0 Å². The van der Waals surface area contributed by atoms with E-state index in [1.165, 1.54) is 83.5 Å². The van der Waals surface area contributed by atoms with Crippen LogP contribution in [0.5, 0.6) is 0 Å². The number of ether oxygens (including phenoxy) is 1. The molecule has 0 saturated carbocycles. The molecular formula is C23H46O3. The summed E-state index contributed by atoms with van der Waals surface area (Å²) in [5.74, 6) is -0.130. The fourth-order valence-electron chi connectivity index (χ4n) is 3.34. The SMILES string of the molecule is CCCCCCCCCCCC(=O)OC(CO)CCCCCCCCC. The lowest BCUT2D eigenvalue weighted by atomic mass is 10.1. The Morgan fingerprint density at radius 2 is 1.12 bits per heavy atom. The summed E-state index contributed by atoms with van der Waals surface area (Å²) in [5.41, 5.74) is 0. The first-order chi connectivity index (χ1) is 12.7. The largest absolute Gasteiger partial charge is 0.460 e. The quantitative estimate of drug-likeness (QED) is 0.186. The minimum Gasteiger partial charge on any atom is -0.460 e. The van der Waals surface area contributed by atoms with Crippen molar-refractivity contribution < 1.29 is 14.6 Å². The maximum absolute atomic E-state index is 11.9. The van der Waals surface area contributed by atoms with Crippen LogP contribution >= 0.6 is 0 Å². The maximum Gasteiger partial charge on any atom is 0.306 e. The molecule has 0 aromatic rings. The van der Waals surface area contributed by atoms with Crippen molar-refractivity contribution in [2.24, 2.45) is 0 Å². The second kappa shape index (κ2) is 20.7. The van der Waals surface area contributed by atoms with Crippen LogP contribution in [0.2, 0.25) is 0 Å². The normalized spacial score (nSPS) is 12.3. The molecule has 0 fully saturated rings. The Labute approximate surface area is 163 Å². The van der Waals surface area contributed by atoms with Gasteiger partial charge in [0.1, 0.15) is 6.10 Å². The molecule has 0 bridgehead atoms. The number of carbonyl (C=O) groups is 1. The van der Waals surface area contributed by atoms with E-state index in [9.17, 15) is 9.90 Å². The number of hydrogen-bond donors (Lipinski definition) is 1. The zero-order valence-electron chi connectivity index (χ0n) is 17.8. The lowest BCUT2D eigenvalue weighted by molar-refractivity contribution is -0.151. The number of rotatable bonds is 20. The van der Waals surface area contributed by atoms with Crippen molar-refractivity contribution in [3.05, 3.63) is 0 Å². The van der Waals surface area contributed by atoms with Gasteiger partial charge >= 0.3 is 5.97 Å². The Morgan fingerprint density at radius 3 is 1.58 bits per heavy atom. The smallest absolute Gasteiger partial charge is 0.306 e. The molecule has 26 heavy (non-hydrogen) atoms. The molecule has 0 radical (unpaired) electrons. The van der Waals surface area contributed by atoms with Gasteiger partial charge in [0.25, 0.3) is 0 Å². The molecule has 156 valence electrons. The Balaban J connectivity index is 3.48. The summed E-state index contributed by atoms with van der Waals surface area (Å²) in [6.07, 6.45) is 21.0. The molecule has 1 unspecified atom stereocenters. The van der Waals surface area contributed by atoms with Crippen molar-refractivity contribution in [3.8, 4) is 0 Å². The van der Waals surface area contributed by atoms with Crippen molar-refractivity contribution >= 4 is 5.97 Å². The van der Waals surface area contributed by atoms with Crippen LogP contribution in [0.1, 0.15) is 129 Å². The maximum atomic E-state index is 11.9. The number of carbonyl (C=O) groups excluding carboxylic acids is 1. The van der Waals surface area contributed by atoms with Gasteiger partial charge in [-0.15, -0.1) is 0 Å². The van der Waals surface area contributed by atoms with E-state index in [4.69, 9.17) is 4.74 Å². The summed E-state index contributed by atoms with van der Waals surface area (Å²) in [6.45, 7) is 4.43. The second-order valence-corrected chi connectivity index (χ2v) is 7.78. The molecule has 0 heterocycles. The highest BCUT2D eigenvalue weighted by atomic mass is 16.5. The summed E-state index contributed by atoms with van der Waals surface area (Å²) in [6, 6.07) is 0. The van der Waals surface area contributed by atoms with Gasteiger partial charge in [-0.1, -0.05) is 104 Å². The van der Waals surface area contributed by atoms with Crippen LogP contribution in [0.25, 0.3) is 0 Å². The third kappa shape index (κ3) is 18.2. The van der Waals surface area contributed by atoms with Crippen LogP contribution in [-0.2, 0) is 9.53 Å². The predicted molar refractivity (Wildman–Crippen MR) is 111 cm³/mol. The van der Waals surface area contributed by atoms with E-state index in [1.54, 1.807) is 0 Å². The zero-order chi connectivity index (χ0) is 19.3. The van der Waals surface area contributed by atoms with Crippen molar-refractivity contribution in [3.63, 3.8) is 0 Å². The molecule has 3 nitrogen and oxygen atoms in total. The molecule has 0 aromatic carbocycles. The number of aliphatic hydroxyl groups excluding tert-OH is 1. The first kappa shape index (κ1) is 25.4. The number of esters is 1. The molecule has 0 amide bonds. The summed E-state index contributed by atoms with van der Waals surface area (Å²) in [7, 11) is 0. The van der Waals surface area contributed by atoms with Crippen LogP contribution in [0.3, 0.4) is 0 Å². The number of unbranched alkanes of at least 4 members (excludes halogenated alkanes) is 14. The topological polar surface area (TPSA) is 46.5 Å². The highest BCUT2D eigenvalue weighted by Crippen LogP contribution is 2.13. The van der Waals surface area contributed by atoms with Gasteiger partial charge in [-0.3, -0.25) is 4.79 Å². The zero-order valence-corrected chi connectivity index (χ0v) is 17.8. The van der Waals surface area contributed by atoms with E-state index in [-0.39, 0.29) is 18.7 Å². The summed E-state index contributed by atoms with van der Waals surface area (Å²) < 4.78 is 5.43. The summed E-state index contributed by atoms with van der Waals surface area (Å²) in [5, 5.41) is 9.40. The van der Waals surface area contributed by atoms with Gasteiger partial charge < -0.3 is 9.84 Å². The summed E-state index contributed by atoms with van der Waals surface area (Å²) >= 11 is 0. The average Bonchev–Trinajstić information content (AvgIpc) is 2.65. The second-order valence-electron chi connectivity index (χ2n) is 7.78. The third-order valence-corrected chi connectivity index (χ3v) is 5.12. The van der Waals surface area contributed by atoms with Gasteiger partial charge in [0.15, 0.2) is 0 Å². The molecule has 1 N–H and O–H groups in total. The number of aliphatic hydroxyl groups is 1. The number of hydrogen-bond acceptors (Lipinski definition) is 3. The van der Waals surface area contributed by atoms with Gasteiger partial charge in [-0.25, -0.2) is 0 Å². The van der Waals surface area contributed by atoms with E-state index in [1.807, 2.05) is 0 Å². The van der Waals surface area contributed by atoms with Gasteiger partial charge in [0.05, 0.1) is 6.61 Å². The molecule has 0 aromatic heterocycles. The minimum absolute atomic E-state index is 0.0423. The predicted octanol–water partition coefficient (Wildman–Crippen LogP) is 6.95. The Kier molecular flexibility index (Phi) is 20.3. The van der Waals surface area contributed by atoms with Crippen molar-refractivity contribution in [2.75, 3.05) is 6.61 Å². The molecule has 0 spiro atoms. The monoisotopic (exact) mass is 370 g/mol. The highest BCUT2D eigenvalue weighted by Gasteiger charge is 2.12. The molecule has 0 saturated heterocycles. The Bertz CT molecular complexity index is 291. The van der Waals surface area contributed by atoms with Crippen molar-refractivity contribution in [2.45, 2.75) is 136 Å². The molecule has 0 aliphatic rings. The van der Waals surface area contributed by atoms with Gasteiger partial charge in [0, 0.05) is 6.42 Å². The molecular weight excluding hydrogens is 324 g/mol. The summed E-state index contributed by atoms with van der Waals surface area (Å²) in [4.78, 5) is 11.9. The molecule has 1 atom stereocenters. The third-order valence-electron chi connectivity index (χ3n) is 5.12. The first-order valence-electron chi connectivity index (χ1n) is 11.5. The lowest BCUT2D eigenvalue weighted by Gasteiger charge is -2.15. The van der Waals surface area contributed by atoms with E-state index in [0.717, 1.165) is 25.7 Å². The van der Waals surface area contributed by atoms with E-state index >= 15 is 0 Å². The molecule has 0 rings (SSSR count). The molecule has 3 heteroatoms. The Hall–Kier alpha value is -0.570. The average molecular weight is 371 g/mol. The van der Waals surface area contributed by atoms with E-state index < -0.39 is 0 Å². The fourth-order valence-corrected chi connectivity index (χ4v) is 3.34. The van der Waals surface area contributed by atoms with Crippen LogP contribution in [0.15, 0.2) is 0 Å². The van der Waals surface area contributed by atoms with Crippen molar-refractivity contribution in [1.29, 1.82) is 0 Å². The first-order valence-corrected chi connectivity index (χ1v) is 11.5. The Morgan fingerprint density at radius 1 is 0.692 bits per heavy atom. The molecule has 0 aliphatic carbocycles. The van der Waals surface area contributed by atoms with Crippen molar-refractivity contribution in [1.82, 2.24) is 0 Å². The van der Waals surface area contributed by atoms with E-state index in [0.29, 0.717) is 6.42 Å².